The zero-order valence-electron chi connectivity index (χ0n) is 13.3. The maximum absolute atomic E-state index is 11.3. The lowest BCUT2D eigenvalue weighted by Crippen LogP contribution is -2.48. The number of hydrogen-bond donors (Lipinski definition) is 2. The molecule has 0 amide bonds. The average molecular weight is 320 g/mol. The summed E-state index contributed by atoms with van der Waals surface area (Å²) >= 11 is 0. The van der Waals surface area contributed by atoms with Crippen molar-refractivity contribution in [1.82, 2.24) is 14.9 Å². The maximum Gasteiger partial charge on any atom is 0.211 e. The molecule has 1 fully saturated rings. The van der Waals surface area contributed by atoms with E-state index in [1.165, 1.54) is 0 Å². The van der Waals surface area contributed by atoms with E-state index in [2.05, 4.69) is 19.9 Å². The van der Waals surface area contributed by atoms with E-state index in [0.29, 0.717) is 19.2 Å². The van der Waals surface area contributed by atoms with Crippen molar-refractivity contribution in [2.45, 2.75) is 32.8 Å². The van der Waals surface area contributed by atoms with Crippen LogP contribution in [-0.2, 0) is 14.8 Å². The largest absolute Gasteiger partial charge is 0.378 e. The van der Waals surface area contributed by atoms with Crippen molar-refractivity contribution >= 4 is 16.0 Å². The van der Waals surface area contributed by atoms with Crippen molar-refractivity contribution in [2.24, 2.45) is 4.99 Å². The monoisotopic (exact) mass is 320 g/mol. The summed E-state index contributed by atoms with van der Waals surface area (Å²) in [5, 5.41) is 3.19. The Hall–Kier alpha value is -0.860. The lowest BCUT2D eigenvalue weighted by molar-refractivity contribution is 0.0264. The summed E-state index contributed by atoms with van der Waals surface area (Å²) in [4.78, 5) is 6.43. The zero-order valence-corrected chi connectivity index (χ0v) is 14.1. The molecule has 124 valence electrons. The number of nitrogens with one attached hydrogen (secondary N) is 2. The SMILES string of the molecule is CCOC1CCN(C(=NC)NCCNS(=O)(=O)CC)CC1. The van der Waals surface area contributed by atoms with Gasteiger partial charge >= 0.3 is 0 Å². The minimum atomic E-state index is -3.12. The van der Waals surface area contributed by atoms with Crippen molar-refractivity contribution in [3.63, 3.8) is 0 Å². The Bertz CT molecular complexity index is 417. The van der Waals surface area contributed by atoms with Crippen molar-refractivity contribution in [3.8, 4) is 0 Å². The number of sulfonamides is 1. The first-order chi connectivity index (χ1) is 10.0. The minimum absolute atomic E-state index is 0.104. The van der Waals surface area contributed by atoms with Crippen LogP contribution in [0.1, 0.15) is 26.7 Å². The number of rotatable bonds is 7. The fourth-order valence-corrected chi connectivity index (χ4v) is 2.90. The topological polar surface area (TPSA) is 83.0 Å². The number of likely N-dealkylation sites (tertiary alicyclic amines) is 1. The second kappa shape index (κ2) is 9.22. The summed E-state index contributed by atoms with van der Waals surface area (Å²) in [6, 6.07) is 0. The van der Waals surface area contributed by atoms with Gasteiger partial charge in [0.1, 0.15) is 0 Å². The molecule has 0 saturated carbocycles. The van der Waals surface area contributed by atoms with Gasteiger partial charge in [0, 0.05) is 39.8 Å². The van der Waals surface area contributed by atoms with Gasteiger partial charge in [0.25, 0.3) is 0 Å². The van der Waals surface area contributed by atoms with Crippen LogP contribution in [0.4, 0.5) is 0 Å². The standard InChI is InChI=1S/C13H28N4O3S/c1-4-20-12-6-10-17(11-7-12)13(14-3)15-8-9-16-21(18,19)5-2/h12,16H,4-11H2,1-3H3,(H,14,15). The Morgan fingerprint density at radius 1 is 1.29 bits per heavy atom. The lowest BCUT2D eigenvalue weighted by Gasteiger charge is -2.34. The van der Waals surface area contributed by atoms with Gasteiger partial charge < -0.3 is 15.0 Å². The van der Waals surface area contributed by atoms with Crippen molar-refractivity contribution in [1.29, 1.82) is 0 Å². The third-order valence-electron chi connectivity index (χ3n) is 3.47. The highest BCUT2D eigenvalue weighted by atomic mass is 32.2. The van der Waals surface area contributed by atoms with Gasteiger partial charge in [0.05, 0.1) is 11.9 Å². The van der Waals surface area contributed by atoms with E-state index in [0.717, 1.165) is 38.5 Å². The van der Waals surface area contributed by atoms with E-state index >= 15 is 0 Å². The van der Waals surface area contributed by atoms with Crippen LogP contribution in [0.3, 0.4) is 0 Å². The van der Waals surface area contributed by atoms with Crippen LogP contribution >= 0.6 is 0 Å². The molecular weight excluding hydrogens is 292 g/mol. The molecule has 1 heterocycles. The van der Waals surface area contributed by atoms with Crippen molar-refractivity contribution in [3.05, 3.63) is 0 Å². The highest BCUT2D eigenvalue weighted by Crippen LogP contribution is 2.13. The van der Waals surface area contributed by atoms with Crippen LogP contribution in [0.25, 0.3) is 0 Å². The molecule has 0 bridgehead atoms. The fraction of sp³-hybridized carbons (Fsp3) is 0.923. The quantitative estimate of drug-likeness (QED) is 0.392. The third-order valence-corrected chi connectivity index (χ3v) is 4.87. The van der Waals surface area contributed by atoms with Crippen LogP contribution in [0.2, 0.25) is 0 Å². The van der Waals surface area contributed by atoms with Crippen LogP contribution < -0.4 is 10.0 Å². The van der Waals surface area contributed by atoms with E-state index in [4.69, 9.17) is 4.74 Å². The molecule has 0 spiro atoms. The molecule has 1 saturated heterocycles. The number of piperidine rings is 1. The van der Waals surface area contributed by atoms with Gasteiger partial charge in [-0.2, -0.15) is 0 Å². The van der Waals surface area contributed by atoms with E-state index in [1.54, 1.807) is 14.0 Å². The molecule has 0 unspecified atom stereocenters. The van der Waals surface area contributed by atoms with E-state index in [9.17, 15) is 8.42 Å². The minimum Gasteiger partial charge on any atom is -0.378 e. The molecule has 1 aliphatic heterocycles. The first-order valence-electron chi connectivity index (χ1n) is 7.57. The maximum atomic E-state index is 11.3. The van der Waals surface area contributed by atoms with Gasteiger partial charge in [-0.05, 0) is 26.7 Å². The van der Waals surface area contributed by atoms with Gasteiger partial charge in [-0.25, -0.2) is 13.1 Å². The molecule has 1 rings (SSSR count). The molecule has 0 aromatic carbocycles. The predicted octanol–water partition coefficient (Wildman–Crippen LogP) is 0.00200. The number of nitrogens with zero attached hydrogens (tertiary/aromatic N) is 2. The summed E-state index contributed by atoms with van der Waals surface area (Å²) in [5.41, 5.74) is 0. The van der Waals surface area contributed by atoms with Crippen molar-refractivity contribution < 1.29 is 13.2 Å². The summed E-state index contributed by atoms with van der Waals surface area (Å²) in [7, 11) is -1.38. The van der Waals surface area contributed by atoms with E-state index < -0.39 is 10.0 Å². The van der Waals surface area contributed by atoms with Crippen molar-refractivity contribution in [2.75, 3.05) is 45.6 Å². The van der Waals surface area contributed by atoms with Gasteiger partial charge in [0.15, 0.2) is 5.96 Å². The number of ether oxygens (including phenoxy) is 1. The molecule has 0 aliphatic carbocycles. The van der Waals surface area contributed by atoms with E-state index in [-0.39, 0.29) is 5.75 Å². The van der Waals surface area contributed by atoms with Crippen LogP contribution in [-0.4, -0.2) is 71.0 Å². The zero-order chi connectivity index (χ0) is 15.7. The van der Waals surface area contributed by atoms with Gasteiger partial charge in [-0.15, -0.1) is 0 Å². The second-order valence-electron chi connectivity index (χ2n) is 4.91. The highest BCUT2D eigenvalue weighted by molar-refractivity contribution is 7.89. The molecule has 0 atom stereocenters. The summed E-state index contributed by atoms with van der Waals surface area (Å²) in [5.74, 6) is 0.924. The number of aliphatic imine (C=N–C) groups is 1. The number of hydrogen-bond acceptors (Lipinski definition) is 4. The van der Waals surface area contributed by atoms with Crippen LogP contribution in [0, 0.1) is 0 Å². The van der Waals surface area contributed by atoms with Crippen LogP contribution in [0.5, 0.6) is 0 Å². The molecule has 2 N–H and O–H groups in total. The number of guanidine groups is 1. The molecule has 0 aromatic rings. The Kier molecular flexibility index (Phi) is 7.98. The smallest absolute Gasteiger partial charge is 0.211 e. The normalized spacial score (nSPS) is 18.0. The first kappa shape index (κ1) is 18.2. The Morgan fingerprint density at radius 2 is 1.95 bits per heavy atom. The highest BCUT2D eigenvalue weighted by Gasteiger charge is 2.21. The molecule has 0 radical (unpaired) electrons. The first-order valence-corrected chi connectivity index (χ1v) is 9.22. The molecule has 8 heteroatoms. The predicted molar refractivity (Wildman–Crippen MR) is 85.0 cm³/mol. The average Bonchev–Trinajstić information content (AvgIpc) is 2.49. The molecule has 7 nitrogen and oxygen atoms in total. The lowest BCUT2D eigenvalue weighted by atomic mass is 10.1. The van der Waals surface area contributed by atoms with Gasteiger partial charge in [-0.3, -0.25) is 4.99 Å². The molecular formula is C13H28N4O3S. The Balaban J connectivity index is 2.30. The van der Waals surface area contributed by atoms with Gasteiger partial charge in [0.2, 0.25) is 10.0 Å². The fourth-order valence-electron chi connectivity index (χ4n) is 2.29. The van der Waals surface area contributed by atoms with Crippen LogP contribution in [0.15, 0.2) is 4.99 Å². The molecule has 21 heavy (non-hydrogen) atoms. The Labute approximate surface area is 128 Å². The summed E-state index contributed by atoms with van der Waals surface area (Å²) in [6.07, 6.45) is 2.34. The third kappa shape index (κ3) is 6.62. The van der Waals surface area contributed by atoms with Gasteiger partial charge in [-0.1, -0.05) is 0 Å². The summed E-state index contributed by atoms with van der Waals surface area (Å²) in [6.45, 7) is 7.11. The molecule has 0 aromatic heterocycles. The summed E-state index contributed by atoms with van der Waals surface area (Å²) < 4.78 is 30.8. The Morgan fingerprint density at radius 3 is 2.48 bits per heavy atom. The van der Waals surface area contributed by atoms with E-state index in [1.807, 2.05) is 6.92 Å². The second-order valence-corrected chi connectivity index (χ2v) is 7.01. The molecule has 1 aliphatic rings.